The van der Waals surface area contributed by atoms with Gasteiger partial charge in [-0.3, -0.25) is 4.79 Å². The Bertz CT molecular complexity index is 1110. The number of hydrogen-bond acceptors (Lipinski definition) is 6. The third-order valence-corrected chi connectivity index (χ3v) is 6.18. The van der Waals surface area contributed by atoms with Crippen LogP contribution in [0.15, 0.2) is 54.7 Å². The molecule has 0 saturated carbocycles. The molecular weight excluding hydrogens is 392 g/mol. The zero-order valence-corrected chi connectivity index (χ0v) is 17.0. The van der Waals surface area contributed by atoms with Crippen molar-refractivity contribution in [3.05, 3.63) is 77.1 Å². The topological polar surface area (TPSA) is 67.8 Å². The van der Waals surface area contributed by atoms with Crippen LogP contribution in [-0.4, -0.2) is 47.1 Å². The summed E-state index contributed by atoms with van der Waals surface area (Å²) in [5, 5.41) is 0. The van der Waals surface area contributed by atoms with E-state index in [-0.39, 0.29) is 11.8 Å². The molecule has 0 bridgehead atoms. The molecule has 1 aromatic heterocycles. The number of aromatic nitrogens is 2. The lowest BCUT2D eigenvalue weighted by atomic mass is 9.87. The number of hydrogen-bond donors (Lipinski definition) is 0. The average Bonchev–Trinajstić information content (AvgIpc) is 3.26. The van der Waals surface area contributed by atoms with Crippen LogP contribution in [-0.2, 0) is 22.6 Å². The fourth-order valence-corrected chi connectivity index (χ4v) is 4.57. The summed E-state index contributed by atoms with van der Waals surface area (Å²) in [6, 6.07) is 15.6. The molecule has 0 N–H and O–H groups in total. The van der Waals surface area contributed by atoms with Crippen molar-refractivity contribution in [2.75, 3.05) is 31.2 Å². The quantitative estimate of drug-likeness (QED) is 0.642. The maximum atomic E-state index is 13.8. The second kappa shape index (κ2) is 7.35. The highest BCUT2D eigenvalue weighted by molar-refractivity contribution is 5.90. The van der Waals surface area contributed by atoms with Gasteiger partial charge >= 0.3 is 0 Å². The molecule has 0 atom stereocenters. The minimum atomic E-state index is -0.387. The Hall–Kier alpha value is -3.45. The van der Waals surface area contributed by atoms with Crippen LogP contribution in [0.4, 0.5) is 5.95 Å². The number of carbonyl (C=O) groups is 1. The van der Waals surface area contributed by atoms with E-state index in [2.05, 4.69) is 9.88 Å². The van der Waals surface area contributed by atoms with Crippen LogP contribution in [0.1, 0.15) is 28.3 Å². The van der Waals surface area contributed by atoms with Crippen molar-refractivity contribution in [3.63, 3.8) is 0 Å². The van der Waals surface area contributed by atoms with Crippen molar-refractivity contribution < 1.29 is 14.3 Å². The fraction of sp³-hybridized carbons (Fsp3) is 0.292. The zero-order chi connectivity index (χ0) is 20.8. The number of para-hydroxylation sites is 2. The monoisotopic (exact) mass is 414 g/mol. The molecular formula is C24H22N4O3. The predicted molar refractivity (Wildman–Crippen MR) is 114 cm³/mol. The van der Waals surface area contributed by atoms with Gasteiger partial charge in [0.1, 0.15) is 11.5 Å². The molecule has 0 radical (unpaired) electrons. The van der Waals surface area contributed by atoms with E-state index in [4.69, 9.17) is 14.5 Å². The highest BCUT2D eigenvalue weighted by Gasteiger charge is 2.37. The van der Waals surface area contributed by atoms with Gasteiger partial charge in [0.05, 0.1) is 31.4 Å². The SMILES string of the molecule is O=C(C1c2ccccc2Oc2ccccc21)N1Cc2cnc(N3CCOCC3)nc2C1. The highest BCUT2D eigenvalue weighted by Crippen LogP contribution is 2.45. The van der Waals surface area contributed by atoms with Gasteiger partial charge in [0, 0.05) is 42.5 Å². The summed E-state index contributed by atoms with van der Waals surface area (Å²) < 4.78 is 11.5. The summed E-state index contributed by atoms with van der Waals surface area (Å²) >= 11 is 0. The van der Waals surface area contributed by atoms with Gasteiger partial charge in [0.25, 0.3) is 0 Å². The van der Waals surface area contributed by atoms with Crippen LogP contribution in [0.2, 0.25) is 0 Å². The second-order valence-electron chi connectivity index (χ2n) is 8.05. The molecule has 1 amide bonds. The van der Waals surface area contributed by atoms with Gasteiger partial charge in [-0.2, -0.15) is 0 Å². The van der Waals surface area contributed by atoms with Gasteiger partial charge in [-0.15, -0.1) is 0 Å². The lowest BCUT2D eigenvalue weighted by molar-refractivity contribution is -0.132. The van der Waals surface area contributed by atoms with E-state index in [9.17, 15) is 4.79 Å². The maximum Gasteiger partial charge on any atom is 0.235 e. The Kier molecular flexibility index (Phi) is 4.35. The molecule has 31 heavy (non-hydrogen) atoms. The second-order valence-corrected chi connectivity index (χ2v) is 8.05. The van der Waals surface area contributed by atoms with Crippen LogP contribution in [0, 0.1) is 0 Å². The summed E-state index contributed by atoms with van der Waals surface area (Å²) in [4.78, 5) is 27.1. The molecule has 3 aliphatic heterocycles. The minimum absolute atomic E-state index is 0.0640. The van der Waals surface area contributed by atoms with Crippen LogP contribution < -0.4 is 9.64 Å². The summed E-state index contributed by atoms with van der Waals surface area (Å²) in [5.74, 6) is 1.88. The summed E-state index contributed by atoms with van der Waals surface area (Å²) in [6.07, 6.45) is 1.87. The lowest BCUT2D eigenvalue weighted by Crippen LogP contribution is -2.37. The smallest absolute Gasteiger partial charge is 0.235 e. The Morgan fingerprint density at radius 2 is 1.61 bits per heavy atom. The molecule has 0 unspecified atom stereocenters. The molecule has 3 aromatic rings. The molecule has 4 heterocycles. The normalized spacial score (nSPS) is 17.5. The molecule has 0 spiro atoms. The molecule has 156 valence electrons. The van der Waals surface area contributed by atoms with Crippen molar-refractivity contribution in [3.8, 4) is 11.5 Å². The minimum Gasteiger partial charge on any atom is -0.457 e. The molecule has 0 aliphatic carbocycles. The molecule has 6 rings (SSSR count). The first kappa shape index (κ1) is 18.3. The van der Waals surface area contributed by atoms with Crippen molar-refractivity contribution in [2.24, 2.45) is 0 Å². The van der Waals surface area contributed by atoms with Gasteiger partial charge in [-0.25, -0.2) is 9.97 Å². The van der Waals surface area contributed by atoms with Crippen molar-refractivity contribution in [2.45, 2.75) is 19.0 Å². The molecule has 1 fully saturated rings. The largest absolute Gasteiger partial charge is 0.457 e. The number of anilines is 1. The lowest BCUT2D eigenvalue weighted by Gasteiger charge is -2.30. The van der Waals surface area contributed by atoms with Crippen molar-refractivity contribution in [1.29, 1.82) is 0 Å². The number of carbonyl (C=O) groups excluding carboxylic acids is 1. The van der Waals surface area contributed by atoms with E-state index in [0.717, 1.165) is 52.9 Å². The van der Waals surface area contributed by atoms with Gasteiger partial charge in [0.2, 0.25) is 11.9 Å². The van der Waals surface area contributed by atoms with Crippen LogP contribution in [0.3, 0.4) is 0 Å². The average molecular weight is 414 g/mol. The van der Waals surface area contributed by atoms with E-state index in [1.165, 1.54) is 0 Å². The summed E-state index contributed by atoms with van der Waals surface area (Å²) in [7, 11) is 0. The number of fused-ring (bicyclic) bond motifs is 3. The Labute approximate surface area is 180 Å². The Morgan fingerprint density at radius 1 is 0.935 bits per heavy atom. The van der Waals surface area contributed by atoms with Gasteiger partial charge < -0.3 is 19.3 Å². The number of amides is 1. The van der Waals surface area contributed by atoms with E-state index >= 15 is 0 Å². The van der Waals surface area contributed by atoms with Crippen molar-refractivity contribution in [1.82, 2.24) is 14.9 Å². The number of morpholine rings is 1. The van der Waals surface area contributed by atoms with Crippen LogP contribution >= 0.6 is 0 Å². The van der Waals surface area contributed by atoms with Gasteiger partial charge in [-0.1, -0.05) is 36.4 Å². The zero-order valence-electron chi connectivity index (χ0n) is 17.0. The first-order chi connectivity index (χ1) is 15.3. The summed E-state index contributed by atoms with van der Waals surface area (Å²) in [6.45, 7) is 3.98. The number of rotatable bonds is 2. The van der Waals surface area contributed by atoms with Crippen molar-refractivity contribution >= 4 is 11.9 Å². The molecule has 2 aromatic carbocycles. The highest BCUT2D eigenvalue weighted by atomic mass is 16.5. The molecule has 1 saturated heterocycles. The molecule has 7 heteroatoms. The maximum absolute atomic E-state index is 13.8. The number of ether oxygens (including phenoxy) is 2. The number of nitrogens with zero attached hydrogens (tertiary/aromatic N) is 4. The first-order valence-electron chi connectivity index (χ1n) is 10.6. The van der Waals surface area contributed by atoms with Crippen LogP contribution in [0.25, 0.3) is 0 Å². The van der Waals surface area contributed by atoms with E-state index < -0.39 is 0 Å². The van der Waals surface area contributed by atoms with E-state index in [1.807, 2.05) is 59.6 Å². The van der Waals surface area contributed by atoms with E-state index in [1.54, 1.807) is 0 Å². The predicted octanol–water partition coefficient (Wildman–Crippen LogP) is 3.09. The fourth-order valence-electron chi connectivity index (χ4n) is 4.57. The third-order valence-electron chi connectivity index (χ3n) is 6.18. The van der Waals surface area contributed by atoms with Gasteiger partial charge in [-0.05, 0) is 12.1 Å². The molecule has 3 aliphatic rings. The van der Waals surface area contributed by atoms with E-state index in [0.29, 0.717) is 26.3 Å². The standard InChI is InChI=1S/C24H22N4O3/c29-23(22-17-5-1-3-7-20(17)31-21-8-4-2-6-18(21)22)28-14-16-13-25-24(26-19(16)15-28)27-9-11-30-12-10-27/h1-8,13,22H,9-12,14-15H2. The molecule has 7 nitrogen and oxygen atoms in total. The van der Waals surface area contributed by atoms with Gasteiger partial charge in [0.15, 0.2) is 0 Å². The van der Waals surface area contributed by atoms with Crippen LogP contribution in [0.5, 0.6) is 11.5 Å². The first-order valence-corrected chi connectivity index (χ1v) is 10.6. The number of benzene rings is 2. The Balaban J connectivity index is 1.30. The Morgan fingerprint density at radius 3 is 2.32 bits per heavy atom. The summed E-state index contributed by atoms with van der Waals surface area (Å²) in [5.41, 5.74) is 3.75. The third kappa shape index (κ3) is 3.13.